The zero-order valence-corrected chi connectivity index (χ0v) is 19.6. The van der Waals surface area contributed by atoms with Gasteiger partial charge in [-0.15, -0.1) is 0 Å². The molecule has 0 bridgehead atoms. The van der Waals surface area contributed by atoms with Gasteiger partial charge < -0.3 is 4.74 Å². The summed E-state index contributed by atoms with van der Waals surface area (Å²) < 4.78 is 6.92. The Balaban J connectivity index is 1.53. The molecule has 3 aromatic rings. The second-order valence-corrected chi connectivity index (χ2v) is 9.50. The van der Waals surface area contributed by atoms with Crippen LogP contribution in [0.3, 0.4) is 0 Å². The highest BCUT2D eigenvalue weighted by Crippen LogP contribution is 2.32. The molecule has 2 aromatic carbocycles. The fourth-order valence-corrected chi connectivity index (χ4v) is 5.51. The number of benzene rings is 2. The third-order valence-corrected chi connectivity index (χ3v) is 7.22. The normalized spacial score (nSPS) is 15.7. The van der Waals surface area contributed by atoms with Crippen LogP contribution in [0.1, 0.15) is 66.9 Å². The van der Waals surface area contributed by atoms with Crippen LogP contribution in [0.25, 0.3) is 10.9 Å². The van der Waals surface area contributed by atoms with Crippen LogP contribution in [-0.4, -0.2) is 34.8 Å². The SMILES string of the molecule is COCC(C)n1c(SCC(=O)c2ccc(C3CCCCC3)cc2)nc2ccccc2c1=O. The van der Waals surface area contributed by atoms with Crippen LogP contribution < -0.4 is 5.56 Å². The van der Waals surface area contributed by atoms with Crippen molar-refractivity contribution in [2.45, 2.75) is 56.1 Å². The smallest absolute Gasteiger partial charge is 0.262 e. The number of ketones is 1. The standard InChI is InChI=1S/C26H30N2O3S/c1-18(16-31-2)28-25(30)22-10-6-7-11-23(22)27-26(28)32-17-24(29)21-14-12-20(13-15-21)19-8-4-3-5-9-19/h6-7,10-15,18-19H,3-5,8-9,16-17H2,1-2H3. The fourth-order valence-electron chi connectivity index (χ4n) is 4.52. The van der Waals surface area contributed by atoms with Gasteiger partial charge in [-0.05, 0) is 43.4 Å². The Kier molecular flexibility index (Phi) is 7.43. The monoisotopic (exact) mass is 450 g/mol. The van der Waals surface area contributed by atoms with E-state index in [9.17, 15) is 9.59 Å². The maximum Gasteiger partial charge on any atom is 0.262 e. The zero-order chi connectivity index (χ0) is 22.5. The maximum absolute atomic E-state index is 13.1. The molecule has 0 aliphatic heterocycles. The van der Waals surface area contributed by atoms with Crippen LogP contribution in [0.5, 0.6) is 0 Å². The van der Waals surface area contributed by atoms with E-state index >= 15 is 0 Å². The predicted molar refractivity (Wildman–Crippen MR) is 130 cm³/mol. The third kappa shape index (κ3) is 4.97. The first-order valence-corrected chi connectivity index (χ1v) is 12.3. The number of Topliss-reactive ketones (excluding diaryl/α,β-unsaturated/α-hetero) is 1. The number of hydrogen-bond donors (Lipinski definition) is 0. The number of carbonyl (C=O) groups excluding carboxylic acids is 1. The van der Waals surface area contributed by atoms with E-state index in [0.717, 1.165) is 0 Å². The minimum atomic E-state index is -0.183. The van der Waals surface area contributed by atoms with E-state index in [-0.39, 0.29) is 23.1 Å². The van der Waals surface area contributed by atoms with E-state index in [1.807, 2.05) is 37.3 Å². The molecule has 1 fully saturated rings. The average molecular weight is 451 g/mol. The van der Waals surface area contributed by atoms with Gasteiger partial charge in [0.25, 0.3) is 5.56 Å². The Bertz CT molecular complexity index is 1130. The van der Waals surface area contributed by atoms with Gasteiger partial charge in [-0.3, -0.25) is 14.2 Å². The first-order chi connectivity index (χ1) is 15.6. The van der Waals surface area contributed by atoms with E-state index in [1.54, 1.807) is 17.7 Å². The van der Waals surface area contributed by atoms with Crippen LogP contribution in [0.2, 0.25) is 0 Å². The minimum Gasteiger partial charge on any atom is -0.383 e. The molecular weight excluding hydrogens is 420 g/mol. The number of thioether (sulfide) groups is 1. The molecule has 1 atom stereocenters. The Morgan fingerprint density at radius 3 is 2.56 bits per heavy atom. The van der Waals surface area contributed by atoms with Gasteiger partial charge in [0.05, 0.1) is 29.3 Å². The Morgan fingerprint density at radius 1 is 1.12 bits per heavy atom. The summed E-state index contributed by atoms with van der Waals surface area (Å²) in [7, 11) is 1.61. The quantitative estimate of drug-likeness (QED) is 0.253. The zero-order valence-electron chi connectivity index (χ0n) is 18.8. The first kappa shape index (κ1) is 22.7. The average Bonchev–Trinajstić information content (AvgIpc) is 2.83. The summed E-state index contributed by atoms with van der Waals surface area (Å²) in [6, 6.07) is 15.2. The molecular formula is C26H30N2O3S. The Labute approximate surface area is 193 Å². The highest BCUT2D eigenvalue weighted by molar-refractivity contribution is 7.99. The van der Waals surface area contributed by atoms with Crippen LogP contribution in [-0.2, 0) is 4.74 Å². The van der Waals surface area contributed by atoms with Crippen LogP contribution in [0.15, 0.2) is 58.5 Å². The molecule has 6 heteroatoms. The maximum atomic E-state index is 13.1. The van der Waals surface area contributed by atoms with Crippen LogP contribution in [0, 0.1) is 0 Å². The van der Waals surface area contributed by atoms with Crippen LogP contribution in [0.4, 0.5) is 0 Å². The lowest BCUT2D eigenvalue weighted by Gasteiger charge is -2.22. The van der Waals surface area contributed by atoms with Gasteiger partial charge in [0.1, 0.15) is 0 Å². The third-order valence-electron chi connectivity index (χ3n) is 6.27. The molecule has 1 heterocycles. The van der Waals surface area contributed by atoms with Crippen molar-refractivity contribution < 1.29 is 9.53 Å². The number of ether oxygens (including phenoxy) is 1. The summed E-state index contributed by atoms with van der Waals surface area (Å²) in [4.78, 5) is 30.7. The molecule has 168 valence electrons. The summed E-state index contributed by atoms with van der Waals surface area (Å²) in [5.74, 6) is 0.895. The number of nitrogens with zero attached hydrogens (tertiary/aromatic N) is 2. The number of rotatable bonds is 8. The van der Waals surface area contributed by atoms with Gasteiger partial charge >= 0.3 is 0 Å². The van der Waals surface area contributed by atoms with Gasteiger partial charge in [0.2, 0.25) is 0 Å². The van der Waals surface area contributed by atoms with Crippen molar-refractivity contribution in [3.63, 3.8) is 0 Å². The van der Waals surface area contributed by atoms with Gasteiger partial charge in [-0.1, -0.05) is 67.4 Å². The fraction of sp³-hybridized carbons (Fsp3) is 0.423. The molecule has 1 aromatic heterocycles. The van der Waals surface area contributed by atoms with Crippen molar-refractivity contribution in [1.82, 2.24) is 9.55 Å². The molecule has 1 unspecified atom stereocenters. The molecule has 1 aliphatic rings. The summed E-state index contributed by atoms with van der Waals surface area (Å²) in [6.07, 6.45) is 6.41. The van der Waals surface area contributed by atoms with E-state index in [4.69, 9.17) is 9.72 Å². The highest BCUT2D eigenvalue weighted by Gasteiger charge is 2.19. The van der Waals surface area contributed by atoms with Gasteiger partial charge in [0, 0.05) is 12.7 Å². The molecule has 32 heavy (non-hydrogen) atoms. The molecule has 0 N–H and O–H groups in total. The number of carbonyl (C=O) groups is 1. The first-order valence-electron chi connectivity index (χ1n) is 11.3. The van der Waals surface area contributed by atoms with Crippen molar-refractivity contribution in [1.29, 1.82) is 0 Å². The molecule has 1 saturated carbocycles. The number of hydrogen-bond acceptors (Lipinski definition) is 5. The van der Waals surface area contributed by atoms with Crippen molar-refractivity contribution in [2.75, 3.05) is 19.5 Å². The van der Waals surface area contributed by atoms with E-state index in [2.05, 4.69) is 12.1 Å². The number of aromatic nitrogens is 2. The van der Waals surface area contributed by atoms with Gasteiger partial charge in [0.15, 0.2) is 10.9 Å². The second-order valence-electron chi connectivity index (χ2n) is 8.56. The lowest BCUT2D eigenvalue weighted by atomic mass is 9.84. The highest BCUT2D eigenvalue weighted by atomic mass is 32.2. The van der Waals surface area contributed by atoms with E-state index < -0.39 is 0 Å². The molecule has 1 aliphatic carbocycles. The van der Waals surface area contributed by atoms with Crippen LogP contribution >= 0.6 is 11.8 Å². The van der Waals surface area contributed by atoms with Crippen molar-refractivity contribution in [2.24, 2.45) is 0 Å². The van der Waals surface area contributed by atoms with Crippen molar-refractivity contribution in [3.8, 4) is 0 Å². The summed E-state index contributed by atoms with van der Waals surface area (Å²) in [6.45, 7) is 2.32. The number of fused-ring (bicyclic) bond motifs is 1. The lowest BCUT2D eigenvalue weighted by Crippen LogP contribution is -2.28. The molecule has 0 saturated heterocycles. The largest absolute Gasteiger partial charge is 0.383 e. The summed E-state index contributed by atoms with van der Waals surface area (Å²) in [5.41, 5.74) is 2.58. The van der Waals surface area contributed by atoms with E-state index in [1.165, 1.54) is 49.4 Å². The number of para-hydroxylation sites is 1. The summed E-state index contributed by atoms with van der Waals surface area (Å²) >= 11 is 1.31. The molecule has 0 amide bonds. The minimum absolute atomic E-state index is 0.0403. The Hall–Kier alpha value is -2.44. The lowest BCUT2D eigenvalue weighted by molar-refractivity contribution is 0.102. The molecule has 0 spiro atoms. The molecule has 5 nitrogen and oxygen atoms in total. The van der Waals surface area contributed by atoms with Gasteiger partial charge in [-0.25, -0.2) is 4.98 Å². The Morgan fingerprint density at radius 2 is 1.84 bits per heavy atom. The van der Waals surface area contributed by atoms with Crippen molar-refractivity contribution in [3.05, 3.63) is 70.0 Å². The second kappa shape index (κ2) is 10.5. The predicted octanol–water partition coefficient (Wildman–Crippen LogP) is 5.63. The number of methoxy groups -OCH3 is 1. The van der Waals surface area contributed by atoms with E-state index in [0.29, 0.717) is 34.1 Å². The molecule has 4 rings (SSSR count). The summed E-state index contributed by atoms with van der Waals surface area (Å²) in [5, 5.41) is 1.12. The van der Waals surface area contributed by atoms with Gasteiger partial charge in [-0.2, -0.15) is 0 Å². The molecule has 0 radical (unpaired) electrons. The van der Waals surface area contributed by atoms with Crippen molar-refractivity contribution >= 4 is 28.4 Å². The topological polar surface area (TPSA) is 61.2 Å².